The van der Waals surface area contributed by atoms with E-state index in [-0.39, 0.29) is 12.3 Å². The number of allylic oxidation sites excluding steroid dienone is 4. The Hall–Kier alpha value is -1.26. The van der Waals surface area contributed by atoms with E-state index in [1.54, 1.807) is 6.08 Å². The van der Waals surface area contributed by atoms with E-state index in [1.165, 1.54) is 0 Å². The van der Waals surface area contributed by atoms with E-state index in [4.69, 9.17) is 33.4 Å². The first-order valence-electron chi connectivity index (χ1n) is 5.70. The molecule has 0 unspecified atom stereocenters. The van der Waals surface area contributed by atoms with Crippen molar-refractivity contribution >= 4 is 35.1 Å². The Balaban J connectivity index is -0.000000244. The molecule has 0 radical (unpaired) electrons. The van der Waals surface area contributed by atoms with Crippen molar-refractivity contribution in [2.75, 3.05) is 11.8 Å². The number of hydrogen-bond acceptors (Lipinski definition) is 2. The molecule has 4 nitrogen and oxygen atoms in total. The SMILES string of the molecule is C=CC(=C)C.CC(=CCCC(=O)O)CCl.O=C(O)CCl. The number of carboxylic acids is 2. The van der Waals surface area contributed by atoms with Gasteiger partial charge >= 0.3 is 11.9 Å². The van der Waals surface area contributed by atoms with Gasteiger partial charge in [0.25, 0.3) is 0 Å². The molecule has 0 aromatic rings. The molecule has 0 amide bonds. The summed E-state index contributed by atoms with van der Waals surface area (Å²) in [6.45, 7) is 10.8. The molecule has 2 N–H and O–H groups in total. The van der Waals surface area contributed by atoms with E-state index in [1.807, 2.05) is 19.9 Å². The maximum absolute atomic E-state index is 10.0. The zero-order chi connectivity index (χ0) is 16.6. The highest BCUT2D eigenvalue weighted by Crippen LogP contribution is 1.99. The molecule has 6 heteroatoms. The highest BCUT2D eigenvalue weighted by atomic mass is 35.5. The van der Waals surface area contributed by atoms with Crippen molar-refractivity contribution in [3.05, 3.63) is 36.5 Å². The molecule has 0 bridgehead atoms. The van der Waals surface area contributed by atoms with E-state index >= 15 is 0 Å². The van der Waals surface area contributed by atoms with Gasteiger partial charge in [-0.1, -0.05) is 36.5 Å². The number of hydrogen-bond donors (Lipinski definition) is 2. The van der Waals surface area contributed by atoms with Gasteiger partial charge in [-0.3, -0.25) is 9.59 Å². The smallest absolute Gasteiger partial charge is 0.318 e. The highest BCUT2D eigenvalue weighted by Gasteiger charge is 1.92. The summed E-state index contributed by atoms with van der Waals surface area (Å²) < 4.78 is 0. The maximum Gasteiger partial charge on any atom is 0.318 e. The molecule has 0 spiro atoms. The van der Waals surface area contributed by atoms with Crippen LogP contribution >= 0.6 is 23.2 Å². The van der Waals surface area contributed by atoms with E-state index < -0.39 is 11.9 Å². The molecule has 0 rings (SSSR count). The maximum atomic E-state index is 10.0. The van der Waals surface area contributed by atoms with E-state index in [0.717, 1.165) is 11.1 Å². The third-order valence-electron chi connectivity index (χ3n) is 1.52. The van der Waals surface area contributed by atoms with Crippen LogP contribution in [0.3, 0.4) is 0 Å². The van der Waals surface area contributed by atoms with Gasteiger partial charge in [0.2, 0.25) is 0 Å². The Kier molecular flexibility index (Phi) is 21.1. The molecule has 116 valence electrons. The highest BCUT2D eigenvalue weighted by molar-refractivity contribution is 6.26. The lowest BCUT2D eigenvalue weighted by Gasteiger charge is -1.91. The van der Waals surface area contributed by atoms with Gasteiger partial charge in [-0.2, -0.15) is 0 Å². The number of carbonyl (C=O) groups is 2. The molecule has 0 aromatic carbocycles. The monoisotopic (exact) mass is 324 g/mol. The van der Waals surface area contributed by atoms with Gasteiger partial charge in [-0.05, 0) is 20.3 Å². The molecular formula is C14H22Cl2O4. The average molecular weight is 325 g/mol. The largest absolute Gasteiger partial charge is 0.481 e. The summed E-state index contributed by atoms with van der Waals surface area (Å²) in [7, 11) is 0. The summed E-state index contributed by atoms with van der Waals surface area (Å²) in [6, 6.07) is 0. The molecule has 0 aromatic heterocycles. The van der Waals surface area contributed by atoms with Crippen LogP contribution < -0.4 is 0 Å². The van der Waals surface area contributed by atoms with Crippen LogP contribution in [0, 0.1) is 0 Å². The van der Waals surface area contributed by atoms with Crippen molar-refractivity contribution in [2.24, 2.45) is 0 Å². The molecule has 0 aliphatic rings. The van der Waals surface area contributed by atoms with Crippen LogP contribution in [-0.4, -0.2) is 33.9 Å². The minimum absolute atomic E-state index is 0.189. The van der Waals surface area contributed by atoms with Crippen molar-refractivity contribution in [1.29, 1.82) is 0 Å². The second-order valence-electron chi connectivity index (χ2n) is 3.69. The minimum atomic E-state index is -0.980. The molecule has 0 atom stereocenters. The predicted molar refractivity (Wildman–Crippen MR) is 84.7 cm³/mol. The summed E-state index contributed by atoms with van der Waals surface area (Å²) in [5.41, 5.74) is 2.05. The first-order valence-corrected chi connectivity index (χ1v) is 6.77. The fourth-order valence-corrected chi connectivity index (χ4v) is 0.606. The average Bonchev–Trinajstić information content (AvgIpc) is 2.39. The van der Waals surface area contributed by atoms with Gasteiger partial charge in [-0.25, -0.2) is 0 Å². The van der Waals surface area contributed by atoms with Gasteiger partial charge in [0.15, 0.2) is 0 Å². The summed E-state index contributed by atoms with van der Waals surface area (Å²) in [5.74, 6) is -1.56. The second-order valence-corrected chi connectivity index (χ2v) is 4.23. The number of halogens is 2. The number of carboxylic acid groups (broad SMARTS) is 2. The molecule has 0 aliphatic carbocycles. The van der Waals surface area contributed by atoms with Crippen LogP contribution in [0.1, 0.15) is 26.7 Å². The number of rotatable bonds is 6. The lowest BCUT2D eigenvalue weighted by Crippen LogP contribution is -1.92. The lowest BCUT2D eigenvalue weighted by atomic mass is 10.2. The molecule has 0 saturated heterocycles. The van der Waals surface area contributed by atoms with Crippen LogP contribution in [0.4, 0.5) is 0 Å². The molecular weight excluding hydrogens is 303 g/mol. The summed E-state index contributed by atoms with van der Waals surface area (Å²) in [6.07, 6.45) is 4.34. The molecule has 0 saturated carbocycles. The van der Waals surface area contributed by atoms with E-state index in [9.17, 15) is 9.59 Å². The second kappa shape index (κ2) is 17.7. The number of alkyl halides is 2. The van der Waals surface area contributed by atoms with Gasteiger partial charge < -0.3 is 10.2 Å². The van der Waals surface area contributed by atoms with Crippen LogP contribution in [0.15, 0.2) is 36.5 Å². The Morgan fingerprint density at radius 1 is 1.10 bits per heavy atom. The zero-order valence-electron chi connectivity index (χ0n) is 11.9. The van der Waals surface area contributed by atoms with Crippen LogP contribution in [0.25, 0.3) is 0 Å². The van der Waals surface area contributed by atoms with Crippen LogP contribution in [-0.2, 0) is 9.59 Å². The quantitative estimate of drug-likeness (QED) is 0.438. The number of aliphatic carboxylic acids is 2. The minimum Gasteiger partial charge on any atom is -0.481 e. The van der Waals surface area contributed by atoms with Crippen molar-refractivity contribution in [3.63, 3.8) is 0 Å². The lowest BCUT2D eigenvalue weighted by molar-refractivity contribution is -0.137. The first-order chi connectivity index (χ1) is 9.20. The van der Waals surface area contributed by atoms with Crippen molar-refractivity contribution < 1.29 is 19.8 Å². The molecule has 0 heterocycles. The van der Waals surface area contributed by atoms with Crippen LogP contribution in [0.5, 0.6) is 0 Å². The summed E-state index contributed by atoms with van der Waals surface area (Å²) in [5, 5.41) is 15.8. The van der Waals surface area contributed by atoms with Gasteiger partial charge in [0.1, 0.15) is 5.88 Å². The van der Waals surface area contributed by atoms with E-state index in [2.05, 4.69) is 13.2 Å². The van der Waals surface area contributed by atoms with Gasteiger partial charge in [-0.15, -0.1) is 23.2 Å². The molecule has 0 aliphatic heterocycles. The Morgan fingerprint density at radius 3 is 1.70 bits per heavy atom. The zero-order valence-corrected chi connectivity index (χ0v) is 13.4. The van der Waals surface area contributed by atoms with Gasteiger partial charge in [0.05, 0.1) is 0 Å². The van der Waals surface area contributed by atoms with Crippen molar-refractivity contribution in [2.45, 2.75) is 26.7 Å². The fourth-order valence-electron chi connectivity index (χ4n) is 0.497. The summed E-state index contributed by atoms with van der Waals surface area (Å²) in [4.78, 5) is 19.2. The fraction of sp³-hybridized carbons (Fsp3) is 0.429. The van der Waals surface area contributed by atoms with Crippen molar-refractivity contribution in [3.8, 4) is 0 Å². The topological polar surface area (TPSA) is 74.6 Å². The van der Waals surface area contributed by atoms with Crippen LogP contribution in [0.2, 0.25) is 0 Å². The molecule has 20 heavy (non-hydrogen) atoms. The van der Waals surface area contributed by atoms with E-state index in [0.29, 0.717) is 12.3 Å². The summed E-state index contributed by atoms with van der Waals surface area (Å²) >= 11 is 10.2. The predicted octanol–water partition coefficient (Wildman–Crippen LogP) is 4.09. The molecule has 0 fully saturated rings. The Bertz CT molecular complexity index is 336. The first kappa shape index (κ1) is 23.8. The third-order valence-corrected chi connectivity index (χ3v) is 2.17. The Labute approximate surface area is 130 Å². The van der Waals surface area contributed by atoms with Crippen molar-refractivity contribution in [1.82, 2.24) is 0 Å². The normalized spacial score (nSPS) is 9.30. The van der Waals surface area contributed by atoms with Gasteiger partial charge in [0, 0.05) is 12.3 Å². The third kappa shape index (κ3) is 36.0. The standard InChI is InChI=1S/C7H11ClO2.C5H8.C2H3ClO2/c1-6(5-8)3-2-4-7(9)10;1-4-5(2)3;3-1-2(4)5/h3H,2,4-5H2,1H3,(H,9,10);4H,1-2H2,3H3;1H2,(H,4,5). The Morgan fingerprint density at radius 2 is 1.50 bits per heavy atom.